The van der Waals surface area contributed by atoms with Crippen LogP contribution in [0.2, 0.25) is 0 Å². The maximum Gasteiger partial charge on any atom is 0.460 e. The van der Waals surface area contributed by atoms with Gasteiger partial charge in [0.1, 0.15) is 6.61 Å². The molecule has 1 amide bonds. The molecular weight excluding hydrogens is 715 g/mol. The van der Waals surface area contributed by atoms with E-state index in [1.54, 1.807) is 0 Å². The Bertz CT molecular complexity index is 1440. The van der Waals surface area contributed by atoms with Gasteiger partial charge < -0.3 is 10.1 Å². The van der Waals surface area contributed by atoms with Crippen molar-refractivity contribution in [2.24, 2.45) is 0 Å². The van der Waals surface area contributed by atoms with E-state index in [2.05, 4.69) is 5.32 Å². The molecule has 0 saturated carbocycles. The minimum atomic E-state index is -8.68. The molecule has 2 aromatic carbocycles. The molecule has 0 bridgehead atoms. The minimum absolute atomic E-state index is 0.0753. The molecule has 1 N–H and O–H groups in total. The fourth-order valence-electron chi connectivity index (χ4n) is 3.57. The first-order valence-electron chi connectivity index (χ1n) is 12.4. The van der Waals surface area contributed by atoms with Crippen molar-refractivity contribution in [1.29, 1.82) is 0 Å². The van der Waals surface area contributed by atoms with Crippen LogP contribution in [0.15, 0.2) is 48.5 Å². The van der Waals surface area contributed by atoms with Crippen molar-refractivity contribution in [1.82, 2.24) is 5.32 Å². The molecule has 0 unspecified atom stereocenters. The Morgan fingerprint density at radius 1 is 0.604 bits per heavy atom. The second-order valence-corrected chi connectivity index (χ2v) is 9.82. The lowest BCUT2D eigenvalue weighted by Gasteiger charge is -2.42. The third-order valence-corrected chi connectivity index (χ3v) is 6.49. The molecule has 2 aromatic rings. The van der Waals surface area contributed by atoms with Gasteiger partial charge in [0.25, 0.3) is 5.69 Å². The van der Waals surface area contributed by atoms with Gasteiger partial charge in [-0.25, -0.2) is 4.79 Å². The van der Waals surface area contributed by atoms with Gasteiger partial charge in [-0.2, -0.15) is 74.6 Å². The number of non-ortho nitro benzene ring substituents is 1. The Balaban J connectivity index is 2.10. The van der Waals surface area contributed by atoms with Gasteiger partial charge in [-0.1, -0.05) is 36.4 Å². The molecule has 0 aromatic heterocycles. The van der Waals surface area contributed by atoms with Crippen molar-refractivity contribution >= 4 is 11.8 Å². The van der Waals surface area contributed by atoms with Crippen molar-refractivity contribution < 1.29 is 89.1 Å². The topological polar surface area (TPSA) is 81.5 Å². The van der Waals surface area contributed by atoms with Gasteiger partial charge in [0, 0.05) is 25.1 Å². The van der Waals surface area contributed by atoms with Gasteiger partial charge in [-0.15, -0.1) is 0 Å². The Morgan fingerprint density at radius 2 is 1.00 bits per heavy atom. The normalized spacial score (nSPS) is 14.1. The smallest absolute Gasteiger partial charge is 0.445 e. The van der Waals surface area contributed by atoms with Crippen LogP contribution in [0.25, 0.3) is 0 Å². The average Bonchev–Trinajstić information content (AvgIpc) is 2.97. The number of ether oxygens (including phenoxy) is 1. The maximum absolute atomic E-state index is 14.1. The zero-order valence-electron chi connectivity index (χ0n) is 23.0. The van der Waals surface area contributed by atoms with Gasteiger partial charge >= 0.3 is 53.7 Å². The number of carbonyl (C=O) groups is 1. The highest BCUT2D eigenvalue weighted by atomic mass is 19.4. The molecule has 0 radical (unpaired) electrons. The largest absolute Gasteiger partial charge is 0.460 e. The molecule has 0 spiro atoms. The highest BCUT2D eigenvalue weighted by Crippen LogP contribution is 2.64. The highest BCUT2D eigenvalue weighted by Gasteiger charge is 2.95. The van der Waals surface area contributed by atoms with Crippen LogP contribution in [0.3, 0.4) is 0 Å². The summed E-state index contributed by atoms with van der Waals surface area (Å²) >= 11 is 0. The number of alkyl carbamates (subject to hydrolysis) is 1. The summed E-state index contributed by atoms with van der Waals surface area (Å²) in [5.41, 5.74) is -0.202. The SMILES string of the molecule is O=C(NCc1ccc([N+](=O)[O-])cc1)OCc1ccc(CCC(F)(F)C(F)(F)C(F)(F)C(F)(F)C(F)(F)C(F)(F)C(F)(F)C(F)(F)F)cc1. The van der Waals surface area contributed by atoms with E-state index in [9.17, 15) is 89.5 Å². The molecule has 270 valence electrons. The van der Waals surface area contributed by atoms with Crippen molar-refractivity contribution in [2.75, 3.05) is 0 Å². The predicted octanol–water partition coefficient (Wildman–Crippen LogP) is 8.96. The van der Waals surface area contributed by atoms with Crippen molar-refractivity contribution in [2.45, 2.75) is 73.6 Å². The number of nitrogens with one attached hydrogen (secondary N) is 1. The minimum Gasteiger partial charge on any atom is -0.445 e. The van der Waals surface area contributed by atoms with Gasteiger partial charge in [0.05, 0.1) is 4.92 Å². The zero-order valence-corrected chi connectivity index (χ0v) is 23.0. The van der Waals surface area contributed by atoms with Gasteiger partial charge in [0.2, 0.25) is 0 Å². The van der Waals surface area contributed by atoms with Crippen LogP contribution >= 0.6 is 0 Å². The number of nitro benzene ring substituents is 1. The third kappa shape index (κ3) is 7.17. The van der Waals surface area contributed by atoms with Crippen LogP contribution in [0.5, 0.6) is 0 Å². The fourth-order valence-corrected chi connectivity index (χ4v) is 3.57. The maximum atomic E-state index is 14.1. The molecule has 0 heterocycles. The van der Waals surface area contributed by atoms with Gasteiger partial charge in [-0.3, -0.25) is 10.1 Å². The van der Waals surface area contributed by atoms with Crippen LogP contribution < -0.4 is 5.32 Å². The molecule has 6 nitrogen and oxygen atoms in total. The van der Waals surface area contributed by atoms with Crippen LogP contribution in [0, 0.1) is 10.1 Å². The van der Waals surface area contributed by atoms with Crippen molar-refractivity contribution in [3.05, 3.63) is 75.3 Å². The summed E-state index contributed by atoms with van der Waals surface area (Å²) in [6.45, 7) is -0.687. The first-order valence-corrected chi connectivity index (χ1v) is 12.4. The predicted molar refractivity (Wildman–Crippen MR) is 126 cm³/mol. The summed E-state index contributed by atoms with van der Waals surface area (Å²) < 4.78 is 233. The summed E-state index contributed by atoms with van der Waals surface area (Å²) in [6.07, 6.45) is -12.9. The number of nitrogens with zero attached hydrogens (tertiary/aromatic N) is 1. The number of hydrogen-bond acceptors (Lipinski definition) is 4. The summed E-state index contributed by atoms with van der Waals surface area (Å²) in [6, 6.07) is 8.54. The standard InChI is InChI=1S/C25H17F17N2O4/c26-18(27,19(28,29)20(30,31)21(32,33)22(34,35)23(36,37)24(38,39)25(40,41)42)10-9-13-1-3-15(4-2-13)12-48-17(45)43-11-14-5-7-16(8-6-14)44(46)47/h1-8H,9-12H2,(H,43,45). The number of halogens is 17. The summed E-state index contributed by atoms with van der Waals surface area (Å²) in [4.78, 5) is 21.8. The number of nitro groups is 1. The van der Waals surface area contributed by atoms with Crippen molar-refractivity contribution in [3.63, 3.8) is 0 Å². The monoisotopic (exact) mass is 732 g/mol. The number of benzene rings is 2. The number of alkyl halides is 17. The molecule has 0 aliphatic heterocycles. The molecule has 23 heteroatoms. The zero-order chi connectivity index (χ0) is 37.4. The summed E-state index contributed by atoms with van der Waals surface area (Å²) in [5.74, 6) is -56.7. The lowest BCUT2D eigenvalue weighted by atomic mass is 9.87. The van der Waals surface area contributed by atoms with Crippen LogP contribution in [0.4, 0.5) is 85.1 Å². The van der Waals surface area contributed by atoms with E-state index in [0.29, 0.717) is 5.56 Å². The first-order chi connectivity index (χ1) is 21.5. The number of hydrogen-bond donors (Lipinski definition) is 1. The Kier molecular flexibility index (Phi) is 10.9. The average molecular weight is 732 g/mol. The summed E-state index contributed by atoms with van der Waals surface area (Å²) in [7, 11) is 0. The van der Waals surface area contributed by atoms with E-state index in [1.165, 1.54) is 12.1 Å². The molecule has 0 fully saturated rings. The van der Waals surface area contributed by atoms with Crippen LogP contribution in [-0.2, 0) is 24.3 Å². The fraction of sp³-hybridized carbons (Fsp3) is 0.480. The number of rotatable bonds is 14. The van der Waals surface area contributed by atoms with Gasteiger partial charge in [0.15, 0.2) is 0 Å². The third-order valence-electron chi connectivity index (χ3n) is 6.49. The summed E-state index contributed by atoms with van der Waals surface area (Å²) in [5, 5.41) is 12.9. The molecule has 48 heavy (non-hydrogen) atoms. The van der Waals surface area contributed by atoms with Crippen molar-refractivity contribution in [3.8, 4) is 0 Å². The van der Waals surface area contributed by atoms with E-state index >= 15 is 0 Å². The first kappa shape index (κ1) is 40.1. The van der Waals surface area contributed by atoms with Gasteiger partial charge in [-0.05, 0) is 23.1 Å². The lowest BCUT2D eigenvalue weighted by Crippen LogP contribution is -2.74. The number of amides is 1. The number of aryl methyl sites for hydroxylation is 1. The van der Waals surface area contributed by atoms with E-state index < -0.39 is 83.7 Å². The molecule has 2 rings (SSSR count). The quantitative estimate of drug-likeness (QED) is 0.120. The lowest BCUT2D eigenvalue weighted by molar-refractivity contribution is -0.461. The molecule has 0 aliphatic carbocycles. The Morgan fingerprint density at radius 3 is 1.44 bits per heavy atom. The Labute approximate surface area is 256 Å². The van der Waals surface area contributed by atoms with E-state index in [1.807, 2.05) is 0 Å². The Hall–Kier alpha value is -4.08. The van der Waals surface area contributed by atoms with E-state index in [4.69, 9.17) is 4.74 Å². The molecule has 0 saturated heterocycles. The second-order valence-electron chi connectivity index (χ2n) is 9.82. The van der Waals surface area contributed by atoms with Crippen LogP contribution in [0.1, 0.15) is 23.1 Å². The van der Waals surface area contributed by atoms with Crippen LogP contribution in [-0.4, -0.2) is 58.7 Å². The molecule has 0 atom stereocenters. The van der Waals surface area contributed by atoms with E-state index in [0.717, 1.165) is 36.4 Å². The van der Waals surface area contributed by atoms with E-state index in [-0.39, 0.29) is 17.8 Å². The molecular formula is C25H17F17N2O4. The molecule has 0 aliphatic rings. The number of carbonyl (C=O) groups excluding carboxylic acids is 1. The highest BCUT2D eigenvalue weighted by molar-refractivity contribution is 5.67. The second kappa shape index (κ2) is 13.1.